The summed E-state index contributed by atoms with van der Waals surface area (Å²) in [5.41, 5.74) is 2.86. The highest BCUT2D eigenvalue weighted by molar-refractivity contribution is 7.12. The van der Waals surface area contributed by atoms with Crippen LogP contribution in [0.3, 0.4) is 0 Å². The van der Waals surface area contributed by atoms with E-state index in [4.69, 9.17) is 4.98 Å². The van der Waals surface area contributed by atoms with Crippen molar-refractivity contribution >= 4 is 11.3 Å². The van der Waals surface area contributed by atoms with Gasteiger partial charge in [0.2, 0.25) is 0 Å². The van der Waals surface area contributed by atoms with Gasteiger partial charge in [0.1, 0.15) is 0 Å². The summed E-state index contributed by atoms with van der Waals surface area (Å²) in [4.78, 5) is 6.47. The average molecular weight is 298 g/mol. The molecule has 2 aliphatic rings. The van der Waals surface area contributed by atoms with Crippen LogP contribution in [-0.4, -0.2) is 17.6 Å². The zero-order valence-corrected chi connectivity index (χ0v) is 13.4. The number of nitrogens with one attached hydrogen (secondary N) is 1. The fourth-order valence-electron chi connectivity index (χ4n) is 2.68. The molecule has 2 nitrogen and oxygen atoms in total. The maximum absolute atomic E-state index is 5.02. The zero-order chi connectivity index (χ0) is 14.3. The molecule has 0 aliphatic heterocycles. The molecular formula is C18H22N2S. The van der Waals surface area contributed by atoms with Gasteiger partial charge in [-0.25, -0.2) is 4.98 Å². The Morgan fingerprint density at radius 1 is 1.24 bits per heavy atom. The number of nitrogens with zero attached hydrogens (tertiary/aromatic N) is 1. The van der Waals surface area contributed by atoms with Crippen molar-refractivity contribution in [3.8, 4) is 11.3 Å². The standard InChI is InChI=1S/C18H22N2S/c1-18(10-11-18)17-20-16(13-5-3-2-4-6-13)15(21-17)9-12-19-14-7-8-14/h2-6,14,19H,7-12H2,1H3. The molecular weight excluding hydrogens is 276 g/mol. The fraction of sp³-hybridized carbons (Fsp3) is 0.500. The van der Waals surface area contributed by atoms with Gasteiger partial charge in [-0.15, -0.1) is 11.3 Å². The molecule has 4 rings (SSSR count). The number of hydrogen-bond donors (Lipinski definition) is 1. The van der Waals surface area contributed by atoms with E-state index in [1.807, 2.05) is 11.3 Å². The van der Waals surface area contributed by atoms with Crippen LogP contribution in [0.25, 0.3) is 11.3 Å². The average Bonchev–Trinajstić information content (AvgIpc) is 3.42. The first-order chi connectivity index (χ1) is 10.2. The second-order valence-electron chi connectivity index (χ2n) is 6.70. The molecule has 0 saturated heterocycles. The highest BCUT2D eigenvalue weighted by Crippen LogP contribution is 2.50. The van der Waals surface area contributed by atoms with E-state index in [9.17, 15) is 0 Å². The van der Waals surface area contributed by atoms with Gasteiger partial charge in [0.25, 0.3) is 0 Å². The summed E-state index contributed by atoms with van der Waals surface area (Å²) in [6, 6.07) is 11.5. The number of rotatable bonds is 6. The summed E-state index contributed by atoms with van der Waals surface area (Å²) >= 11 is 1.94. The third-order valence-corrected chi connectivity index (χ3v) is 6.04. The summed E-state index contributed by atoms with van der Waals surface area (Å²) in [6.07, 6.45) is 6.42. The van der Waals surface area contributed by atoms with Gasteiger partial charge >= 0.3 is 0 Å². The molecule has 1 heterocycles. The number of hydrogen-bond acceptors (Lipinski definition) is 3. The zero-order valence-electron chi connectivity index (χ0n) is 12.6. The molecule has 0 atom stereocenters. The third kappa shape index (κ3) is 2.90. The van der Waals surface area contributed by atoms with E-state index in [0.717, 1.165) is 19.0 Å². The molecule has 0 bridgehead atoms. The summed E-state index contributed by atoms with van der Waals surface area (Å²) < 4.78 is 0. The van der Waals surface area contributed by atoms with Crippen molar-refractivity contribution in [2.45, 2.75) is 50.5 Å². The highest BCUT2D eigenvalue weighted by Gasteiger charge is 2.42. The molecule has 2 saturated carbocycles. The molecule has 0 unspecified atom stereocenters. The first kappa shape index (κ1) is 13.5. The van der Waals surface area contributed by atoms with Gasteiger partial charge in [0, 0.05) is 28.4 Å². The normalized spacial score (nSPS) is 19.7. The second kappa shape index (κ2) is 5.22. The first-order valence-corrected chi connectivity index (χ1v) is 8.85. The van der Waals surface area contributed by atoms with Crippen LogP contribution in [-0.2, 0) is 11.8 Å². The molecule has 3 heteroatoms. The summed E-state index contributed by atoms with van der Waals surface area (Å²) in [5, 5.41) is 4.98. The molecule has 2 aromatic rings. The number of benzene rings is 1. The van der Waals surface area contributed by atoms with Crippen LogP contribution < -0.4 is 5.32 Å². The smallest absolute Gasteiger partial charge is 0.0994 e. The van der Waals surface area contributed by atoms with Crippen LogP contribution in [0.5, 0.6) is 0 Å². The number of thiazole rings is 1. The van der Waals surface area contributed by atoms with E-state index < -0.39 is 0 Å². The van der Waals surface area contributed by atoms with Crippen molar-refractivity contribution in [1.82, 2.24) is 10.3 Å². The Balaban J connectivity index is 1.60. The molecule has 2 aliphatic carbocycles. The summed E-state index contributed by atoms with van der Waals surface area (Å²) in [7, 11) is 0. The van der Waals surface area contributed by atoms with Crippen LogP contribution in [0.4, 0.5) is 0 Å². The Morgan fingerprint density at radius 3 is 2.67 bits per heavy atom. The van der Waals surface area contributed by atoms with E-state index in [1.54, 1.807) is 0 Å². The minimum Gasteiger partial charge on any atom is -0.314 e. The van der Waals surface area contributed by atoms with Gasteiger partial charge in [-0.1, -0.05) is 37.3 Å². The number of aromatic nitrogens is 1. The largest absolute Gasteiger partial charge is 0.314 e. The Bertz CT molecular complexity index is 624. The van der Waals surface area contributed by atoms with E-state index in [0.29, 0.717) is 5.41 Å². The lowest BCUT2D eigenvalue weighted by Crippen LogP contribution is -2.19. The summed E-state index contributed by atoms with van der Waals surface area (Å²) in [6.45, 7) is 3.44. The lowest BCUT2D eigenvalue weighted by atomic mass is 10.1. The Kier molecular flexibility index (Phi) is 3.35. The molecule has 0 radical (unpaired) electrons. The predicted octanol–water partition coefficient (Wildman–Crippen LogP) is 4.16. The Labute approximate surface area is 130 Å². The van der Waals surface area contributed by atoms with E-state index in [-0.39, 0.29) is 0 Å². The molecule has 1 N–H and O–H groups in total. The van der Waals surface area contributed by atoms with Crippen molar-refractivity contribution < 1.29 is 0 Å². The quantitative estimate of drug-likeness (QED) is 0.866. The van der Waals surface area contributed by atoms with Gasteiger partial charge in [-0.3, -0.25) is 0 Å². The van der Waals surface area contributed by atoms with Gasteiger partial charge in [-0.2, -0.15) is 0 Å². The molecule has 0 spiro atoms. The van der Waals surface area contributed by atoms with Crippen molar-refractivity contribution in [3.63, 3.8) is 0 Å². The van der Waals surface area contributed by atoms with E-state index >= 15 is 0 Å². The Hall–Kier alpha value is -1.19. The third-order valence-electron chi connectivity index (χ3n) is 4.62. The molecule has 1 aromatic heterocycles. The van der Waals surface area contributed by atoms with Crippen LogP contribution in [0.2, 0.25) is 0 Å². The van der Waals surface area contributed by atoms with Gasteiger partial charge < -0.3 is 5.32 Å². The minimum atomic E-state index is 0.371. The van der Waals surface area contributed by atoms with Crippen LogP contribution in [0.1, 0.15) is 42.5 Å². The summed E-state index contributed by atoms with van der Waals surface area (Å²) in [5.74, 6) is 0. The van der Waals surface area contributed by atoms with Crippen LogP contribution >= 0.6 is 11.3 Å². The molecule has 2 fully saturated rings. The fourth-order valence-corrected chi connectivity index (χ4v) is 3.96. The van der Waals surface area contributed by atoms with Gasteiger partial charge in [-0.05, 0) is 32.1 Å². The van der Waals surface area contributed by atoms with Crippen molar-refractivity contribution in [2.75, 3.05) is 6.54 Å². The predicted molar refractivity (Wildman–Crippen MR) is 88.9 cm³/mol. The van der Waals surface area contributed by atoms with Gasteiger partial charge in [0.05, 0.1) is 10.7 Å². The topological polar surface area (TPSA) is 24.9 Å². The van der Waals surface area contributed by atoms with Crippen molar-refractivity contribution in [1.29, 1.82) is 0 Å². The maximum Gasteiger partial charge on any atom is 0.0994 e. The maximum atomic E-state index is 5.02. The first-order valence-electron chi connectivity index (χ1n) is 8.04. The highest BCUT2D eigenvalue weighted by atomic mass is 32.1. The van der Waals surface area contributed by atoms with E-state index in [2.05, 4.69) is 42.6 Å². The van der Waals surface area contributed by atoms with Crippen molar-refractivity contribution in [3.05, 3.63) is 40.2 Å². The van der Waals surface area contributed by atoms with Gasteiger partial charge in [0.15, 0.2) is 0 Å². The molecule has 1 aromatic carbocycles. The molecule has 110 valence electrons. The molecule has 21 heavy (non-hydrogen) atoms. The minimum absolute atomic E-state index is 0.371. The van der Waals surface area contributed by atoms with Crippen LogP contribution in [0.15, 0.2) is 30.3 Å². The Morgan fingerprint density at radius 2 is 2.00 bits per heavy atom. The lowest BCUT2D eigenvalue weighted by Gasteiger charge is -2.03. The van der Waals surface area contributed by atoms with Crippen molar-refractivity contribution in [2.24, 2.45) is 0 Å². The monoisotopic (exact) mass is 298 g/mol. The van der Waals surface area contributed by atoms with E-state index in [1.165, 1.54) is 46.8 Å². The lowest BCUT2D eigenvalue weighted by molar-refractivity contribution is 0.685. The van der Waals surface area contributed by atoms with Crippen LogP contribution in [0, 0.1) is 0 Å². The second-order valence-corrected chi connectivity index (χ2v) is 7.78. The SMILES string of the molecule is CC1(c2nc(-c3ccccc3)c(CCNC3CC3)s2)CC1. The molecule has 0 amide bonds.